The number of aromatic nitrogens is 1. The summed E-state index contributed by atoms with van der Waals surface area (Å²) in [7, 11) is -2.57. The van der Waals surface area contributed by atoms with Crippen LogP contribution in [-0.2, 0) is 14.8 Å². The summed E-state index contributed by atoms with van der Waals surface area (Å²) in [5.74, 6) is -0.672. The van der Waals surface area contributed by atoms with E-state index in [2.05, 4.69) is 5.32 Å². The van der Waals surface area contributed by atoms with E-state index in [1.165, 1.54) is 11.1 Å². The summed E-state index contributed by atoms with van der Waals surface area (Å²) in [5, 5.41) is 3.55. The molecule has 0 radical (unpaired) electrons. The van der Waals surface area contributed by atoms with E-state index in [0.717, 1.165) is 10.9 Å². The van der Waals surface area contributed by atoms with Gasteiger partial charge in [0, 0.05) is 54.6 Å². The zero-order valence-corrected chi connectivity index (χ0v) is 26.2. The van der Waals surface area contributed by atoms with E-state index in [1.807, 2.05) is 25.1 Å². The maximum atomic E-state index is 13.7. The highest BCUT2D eigenvalue weighted by Crippen LogP contribution is 2.33. The highest BCUT2D eigenvalue weighted by atomic mass is 32.2. The van der Waals surface area contributed by atoms with Crippen LogP contribution in [0.2, 0.25) is 0 Å². The van der Waals surface area contributed by atoms with Gasteiger partial charge in [0.1, 0.15) is 0 Å². The number of hydrogen-bond acceptors (Lipinski definition) is 6. The van der Waals surface area contributed by atoms with Gasteiger partial charge in [-0.3, -0.25) is 4.79 Å². The van der Waals surface area contributed by atoms with Crippen molar-refractivity contribution in [2.45, 2.75) is 11.8 Å². The van der Waals surface area contributed by atoms with Gasteiger partial charge >= 0.3 is 12.0 Å². The lowest BCUT2D eigenvalue weighted by atomic mass is 10.0. The predicted molar refractivity (Wildman–Crippen MR) is 175 cm³/mol. The number of fused-ring (bicyclic) bond motifs is 1. The maximum absolute atomic E-state index is 13.7. The average molecular weight is 637 g/mol. The van der Waals surface area contributed by atoms with Crippen LogP contribution >= 0.6 is 0 Å². The topological polar surface area (TPSA) is 118 Å². The number of aryl methyl sites for hydroxylation is 1. The Morgan fingerprint density at radius 3 is 2.17 bits per heavy atom. The number of ether oxygens (including phenoxy) is 1. The van der Waals surface area contributed by atoms with Gasteiger partial charge in [-0.15, -0.1) is 0 Å². The van der Waals surface area contributed by atoms with Crippen LogP contribution in [0.4, 0.5) is 10.5 Å². The number of carbonyl (C=O) groups is 3. The van der Waals surface area contributed by atoms with Crippen molar-refractivity contribution in [2.24, 2.45) is 0 Å². The molecule has 46 heavy (non-hydrogen) atoms. The number of esters is 1. The number of methoxy groups -OCH3 is 1. The number of amides is 3. The molecule has 1 fully saturated rings. The molecule has 0 spiro atoms. The summed E-state index contributed by atoms with van der Waals surface area (Å²) in [6, 6.07) is 27.4. The lowest BCUT2D eigenvalue weighted by Gasteiger charge is -2.34. The fourth-order valence-corrected chi connectivity index (χ4v) is 6.93. The number of benzene rings is 4. The normalized spacial score (nSPS) is 13.4. The number of para-hydroxylation sites is 1. The van der Waals surface area contributed by atoms with Crippen molar-refractivity contribution in [3.63, 3.8) is 0 Å². The molecule has 5 aromatic rings. The van der Waals surface area contributed by atoms with Gasteiger partial charge in [0.15, 0.2) is 0 Å². The first-order valence-corrected chi connectivity index (χ1v) is 16.2. The molecule has 11 heteroatoms. The molecule has 0 unspecified atom stereocenters. The molecule has 6 rings (SSSR count). The molecule has 0 saturated carbocycles. The number of rotatable bonds is 6. The smallest absolute Gasteiger partial charge is 0.337 e. The Balaban J connectivity index is 1.18. The first-order valence-electron chi connectivity index (χ1n) is 14.7. The van der Waals surface area contributed by atoms with Crippen LogP contribution in [0, 0.1) is 6.92 Å². The summed E-state index contributed by atoms with van der Waals surface area (Å²) < 4.78 is 33.4. The van der Waals surface area contributed by atoms with E-state index < -0.39 is 16.0 Å². The molecule has 0 bridgehead atoms. The Hall–Kier alpha value is -5.42. The largest absolute Gasteiger partial charge is 0.465 e. The van der Waals surface area contributed by atoms with Crippen molar-refractivity contribution in [3.05, 3.63) is 120 Å². The Morgan fingerprint density at radius 1 is 0.761 bits per heavy atom. The number of anilines is 1. The predicted octanol–water partition coefficient (Wildman–Crippen LogP) is 5.63. The summed E-state index contributed by atoms with van der Waals surface area (Å²) in [6.07, 6.45) is 1.61. The lowest BCUT2D eigenvalue weighted by molar-refractivity contribution is 0.0600. The maximum Gasteiger partial charge on any atom is 0.337 e. The number of hydrogen-bond donors (Lipinski definition) is 1. The van der Waals surface area contributed by atoms with Gasteiger partial charge in [0.05, 0.1) is 23.1 Å². The molecular weight excluding hydrogens is 604 g/mol. The number of piperazine rings is 1. The van der Waals surface area contributed by atoms with Gasteiger partial charge in [-0.1, -0.05) is 54.1 Å². The minimum Gasteiger partial charge on any atom is -0.465 e. The molecule has 1 saturated heterocycles. The van der Waals surface area contributed by atoms with E-state index in [0.29, 0.717) is 59.6 Å². The summed E-state index contributed by atoms with van der Waals surface area (Å²) >= 11 is 0. The third kappa shape index (κ3) is 5.96. The average Bonchev–Trinajstić information content (AvgIpc) is 3.49. The molecule has 4 aromatic carbocycles. The first-order chi connectivity index (χ1) is 22.2. The van der Waals surface area contributed by atoms with Crippen LogP contribution in [-0.4, -0.2) is 73.4 Å². The zero-order valence-electron chi connectivity index (χ0n) is 25.3. The number of nitrogens with zero attached hydrogens (tertiary/aromatic N) is 3. The second-order valence-corrected chi connectivity index (χ2v) is 12.9. The zero-order chi connectivity index (χ0) is 32.4. The second-order valence-electron chi connectivity index (χ2n) is 11.0. The third-order valence-corrected chi connectivity index (χ3v) is 9.75. The fraction of sp³-hybridized carbons (Fsp3) is 0.171. The number of nitrogens with one attached hydrogen (secondary N) is 1. The minimum absolute atomic E-state index is 0.177. The minimum atomic E-state index is -3.87. The SMILES string of the molecule is COC(=O)c1cccc(NC(=O)N2CCN(C(=O)c3cccc(-c4cn(S(=O)(=O)c5ccc(C)cc5)c5ccccc45)c3)CC2)c1. The third-order valence-electron chi connectivity index (χ3n) is 8.07. The molecule has 2 heterocycles. The second kappa shape index (κ2) is 12.5. The molecule has 10 nitrogen and oxygen atoms in total. The van der Waals surface area contributed by atoms with Gasteiger partial charge in [-0.2, -0.15) is 0 Å². The summed E-state index contributed by atoms with van der Waals surface area (Å²) in [5.41, 5.74) is 4.18. The number of carbonyl (C=O) groups excluding carboxylic acids is 3. The molecule has 3 amide bonds. The molecule has 0 atom stereocenters. The Morgan fingerprint density at radius 2 is 1.43 bits per heavy atom. The van der Waals surface area contributed by atoms with Crippen LogP contribution in [0.3, 0.4) is 0 Å². The molecular formula is C35H32N4O6S. The summed E-state index contributed by atoms with van der Waals surface area (Å²) in [4.78, 5) is 41.8. The fourth-order valence-electron chi connectivity index (χ4n) is 5.56. The van der Waals surface area contributed by atoms with Gasteiger partial charge in [-0.25, -0.2) is 22.0 Å². The van der Waals surface area contributed by atoms with Crippen LogP contribution in [0.5, 0.6) is 0 Å². The molecule has 1 aliphatic heterocycles. The van der Waals surface area contributed by atoms with Crippen molar-refractivity contribution in [1.82, 2.24) is 13.8 Å². The molecule has 1 aliphatic rings. The Kier molecular flexibility index (Phi) is 8.33. The summed E-state index contributed by atoms with van der Waals surface area (Å²) in [6.45, 7) is 3.25. The van der Waals surface area contributed by atoms with Crippen LogP contribution < -0.4 is 5.32 Å². The van der Waals surface area contributed by atoms with Gasteiger partial charge in [0.25, 0.3) is 15.9 Å². The standard InChI is InChI=1S/C35H32N4O6S/c1-24-13-15-29(16-14-24)46(43,44)39-23-31(30-11-3-4-12-32(30)39)25-7-5-8-26(21-25)33(40)37-17-19-38(20-18-37)35(42)36-28-10-6-9-27(22-28)34(41)45-2/h3-16,21-23H,17-20H2,1-2H3,(H,36,42). The van der Waals surface area contributed by atoms with Gasteiger partial charge < -0.3 is 19.9 Å². The van der Waals surface area contributed by atoms with Crippen molar-refractivity contribution >= 4 is 44.5 Å². The van der Waals surface area contributed by atoms with Crippen molar-refractivity contribution < 1.29 is 27.5 Å². The molecule has 234 valence electrons. The van der Waals surface area contributed by atoms with Crippen LogP contribution in [0.1, 0.15) is 26.3 Å². The van der Waals surface area contributed by atoms with E-state index in [-0.39, 0.29) is 16.8 Å². The van der Waals surface area contributed by atoms with E-state index in [1.54, 1.807) is 94.9 Å². The first kappa shape index (κ1) is 30.6. The lowest BCUT2D eigenvalue weighted by Crippen LogP contribution is -2.51. The number of urea groups is 1. The van der Waals surface area contributed by atoms with Crippen LogP contribution in [0.15, 0.2) is 108 Å². The van der Waals surface area contributed by atoms with E-state index in [9.17, 15) is 22.8 Å². The van der Waals surface area contributed by atoms with Crippen LogP contribution in [0.25, 0.3) is 22.0 Å². The van der Waals surface area contributed by atoms with Gasteiger partial charge in [-0.05, 0) is 61.0 Å². The molecule has 1 N–H and O–H groups in total. The Bertz CT molecular complexity index is 2060. The van der Waals surface area contributed by atoms with E-state index in [4.69, 9.17) is 4.74 Å². The Labute approximate surface area is 266 Å². The molecule has 1 aromatic heterocycles. The van der Waals surface area contributed by atoms with E-state index >= 15 is 0 Å². The molecule has 0 aliphatic carbocycles. The highest BCUT2D eigenvalue weighted by Gasteiger charge is 2.26. The monoisotopic (exact) mass is 636 g/mol. The van der Waals surface area contributed by atoms with Gasteiger partial charge in [0.2, 0.25) is 0 Å². The highest BCUT2D eigenvalue weighted by molar-refractivity contribution is 7.90. The quantitative estimate of drug-likeness (QED) is 0.242. The van der Waals surface area contributed by atoms with Crippen molar-refractivity contribution in [1.29, 1.82) is 0 Å². The van der Waals surface area contributed by atoms with Crippen molar-refractivity contribution in [3.8, 4) is 11.1 Å². The van der Waals surface area contributed by atoms with Crippen molar-refractivity contribution in [2.75, 3.05) is 38.6 Å².